The van der Waals surface area contributed by atoms with Crippen molar-refractivity contribution < 1.29 is 18.7 Å². The highest BCUT2D eigenvalue weighted by molar-refractivity contribution is 6.07. The predicted octanol–water partition coefficient (Wildman–Crippen LogP) is 4.46. The van der Waals surface area contributed by atoms with Crippen LogP contribution in [0.15, 0.2) is 82.0 Å². The van der Waals surface area contributed by atoms with E-state index in [1.54, 1.807) is 25.1 Å². The van der Waals surface area contributed by atoms with Crippen LogP contribution in [0, 0.1) is 0 Å². The Balaban J connectivity index is 1.60. The second kappa shape index (κ2) is 7.56. The second-order valence-electron chi connectivity index (χ2n) is 6.43. The number of fused-ring (bicyclic) bond motifs is 3. The van der Waals surface area contributed by atoms with Crippen LogP contribution in [0.2, 0.25) is 0 Å². The van der Waals surface area contributed by atoms with Crippen molar-refractivity contribution in [2.75, 3.05) is 0 Å². The highest BCUT2D eigenvalue weighted by Crippen LogP contribution is 2.27. The molecule has 0 aliphatic rings. The minimum atomic E-state index is -0.773. The average Bonchev–Trinajstić information content (AvgIpc) is 2.72. The fourth-order valence-corrected chi connectivity index (χ4v) is 3.15. The molecule has 0 spiro atoms. The highest BCUT2D eigenvalue weighted by Gasteiger charge is 2.18. The van der Waals surface area contributed by atoms with E-state index in [0.29, 0.717) is 16.9 Å². The highest BCUT2D eigenvalue weighted by atomic mass is 16.6. The summed E-state index contributed by atoms with van der Waals surface area (Å²) >= 11 is 0. The largest absolute Gasteiger partial charge is 0.479 e. The molecule has 0 N–H and O–H groups in total. The molecule has 1 heterocycles. The molecule has 0 bridgehead atoms. The maximum Gasteiger partial charge on any atom is 0.347 e. The molecule has 5 heteroatoms. The molecule has 0 saturated heterocycles. The van der Waals surface area contributed by atoms with Gasteiger partial charge in [-0.1, -0.05) is 48.5 Å². The molecular weight excluding hydrogens is 356 g/mol. The molecule has 0 saturated carbocycles. The van der Waals surface area contributed by atoms with Gasteiger partial charge in [-0.25, -0.2) is 9.59 Å². The van der Waals surface area contributed by atoms with E-state index in [-0.39, 0.29) is 6.61 Å². The first kappa shape index (κ1) is 17.8. The van der Waals surface area contributed by atoms with Crippen LogP contribution in [0.4, 0.5) is 0 Å². The Morgan fingerprint density at radius 1 is 1.00 bits per heavy atom. The lowest BCUT2D eigenvalue weighted by Gasteiger charge is -2.14. The van der Waals surface area contributed by atoms with Crippen molar-refractivity contribution in [1.82, 2.24) is 0 Å². The molecule has 4 aromatic rings. The first-order valence-corrected chi connectivity index (χ1v) is 8.94. The fourth-order valence-electron chi connectivity index (χ4n) is 3.15. The van der Waals surface area contributed by atoms with Gasteiger partial charge in [0.05, 0.1) is 0 Å². The summed E-state index contributed by atoms with van der Waals surface area (Å²) < 4.78 is 16.3. The number of ether oxygens (including phenoxy) is 2. The van der Waals surface area contributed by atoms with Gasteiger partial charge in [0.15, 0.2) is 6.10 Å². The lowest BCUT2D eigenvalue weighted by atomic mass is 10.0. The van der Waals surface area contributed by atoms with Crippen LogP contribution in [0.1, 0.15) is 12.5 Å². The van der Waals surface area contributed by atoms with E-state index < -0.39 is 17.7 Å². The first-order chi connectivity index (χ1) is 13.6. The number of hydrogen-bond donors (Lipinski definition) is 0. The van der Waals surface area contributed by atoms with Gasteiger partial charge in [0.25, 0.3) is 0 Å². The number of rotatable bonds is 5. The van der Waals surface area contributed by atoms with Gasteiger partial charge in [-0.3, -0.25) is 0 Å². The van der Waals surface area contributed by atoms with Crippen molar-refractivity contribution in [1.29, 1.82) is 0 Å². The lowest BCUT2D eigenvalue weighted by molar-refractivity contribution is -0.152. The predicted molar refractivity (Wildman–Crippen MR) is 106 cm³/mol. The SMILES string of the molecule is C[C@H](Oc1ccccc1)C(=O)OCc1cc(=O)oc2ccc3ccccc3c12. The van der Waals surface area contributed by atoms with Gasteiger partial charge < -0.3 is 13.9 Å². The molecule has 5 nitrogen and oxygen atoms in total. The summed E-state index contributed by atoms with van der Waals surface area (Å²) in [4.78, 5) is 24.3. The zero-order valence-corrected chi connectivity index (χ0v) is 15.3. The zero-order chi connectivity index (χ0) is 19.5. The summed E-state index contributed by atoms with van der Waals surface area (Å²) in [6.45, 7) is 1.58. The van der Waals surface area contributed by atoms with Crippen molar-refractivity contribution in [3.8, 4) is 5.75 Å². The fraction of sp³-hybridized carbons (Fsp3) is 0.130. The van der Waals surface area contributed by atoms with Crippen LogP contribution in [0.25, 0.3) is 21.7 Å². The molecule has 28 heavy (non-hydrogen) atoms. The second-order valence-corrected chi connectivity index (χ2v) is 6.43. The van der Waals surface area contributed by atoms with Crippen LogP contribution in [0.3, 0.4) is 0 Å². The molecule has 3 aromatic carbocycles. The van der Waals surface area contributed by atoms with Gasteiger partial charge in [-0.2, -0.15) is 0 Å². The molecule has 0 amide bonds. The summed E-state index contributed by atoms with van der Waals surface area (Å²) in [5, 5.41) is 2.71. The third-order valence-corrected chi connectivity index (χ3v) is 4.47. The Hall–Kier alpha value is -3.60. The van der Waals surface area contributed by atoms with Gasteiger partial charge in [-0.15, -0.1) is 0 Å². The molecule has 0 fully saturated rings. The number of carbonyl (C=O) groups is 1. The number of benzene rings is 3. The quantitative estimate of drug-likeness (QED) is 0.293. The van der Waals surface area contributed by atoms with Crippen molar-refractivity contribution in [3.63, 3.8) is 0 Å². The van der Waals surface area contributed by atoms with E-state index in [1.807, 2.05) is 48.5 Å². The third kappa shape index (κ3) is 3.60. The van der Waals surface area contributed by atoms with Gasteiger partial charge >= 0.3 is 11.6 Å². The lowest BCUT2D eigenvalue weighted by Crippen LogP contribution is -2.26. The molecular formula is C23H18O5. The molecule has 1 aromatic heterocycles. The van der Waals surface area contributed by atoms with Crippen LogP contribution in [-0.2, 0) is 16.1 Å². The summed E-state index contributed by atoms with van der Waals surface area (Å²) in [5.74, 6) is 0.0780. The minimum absolute atomic E-state index is 0.0442. The Morgan fingerprint density at radius 2 is 1.75 bits per heavy atom. The van der Waals surface area contributed by atoms with E-state index in [1.165, 1.54) is 6.07 Å². The molecule has 0 unspecified atom stereocenters. The third-order valence-electron chi connectivity index (χ3n) is 4.47. The van der Waals surface area contributed by atoms with Crippen LogP contribution >= 0.6 is 0 Å². The molecule has 0 radical (unpaired) electrons. The summed E-state index contributed by atoms with van der Waals surface area (Å²) in [7, 11) is 0. The molecule has 0 aliphatic carbocycles. The number of para-hydroxylation sites is 1. The Bertz CT molecular complexity index is 1190. The molecule has 140 valence electrons. The van der Waals surface area contributed by atoms with E-state index in [0.717, 1.165) is 16.2 Å². The van der Waals surface area contributed by atoms with Crippen molar-refractivity contribution in [2.24, 2.45) is 0 Å². The molecule has 0 aliphatic heterocycles. The number of carbonyl (C=O) groups excluding carboxylic acids is 1. The minimum Gasteiger partial charge on any atom is -0.479 e. The Kier molecular flexibility index (Phi) is 4.81. The van der Waals surface area contributed by atoms with E-state index in [4.69, 9.17) is 13.9 Å². The van der Waals surface area contributed by atoms with E-state index in [2.05, 4.69) is 0 Å². The zero-order valence-electron chi connectivity index (χ0n) is 15.3. The Morgan fingerprint density at radius 3 is 2.57 bits per heavy atom. The van der Waals surface area contributed by atoms with Crippen LogP contribution < -0.4 is 10.4 Å². The monoisotopic (exact) mass is 374 g/mol. The van der Waals surface area contributed by atoms with Crippen molar-refractivity contribution in [3.05, 3.63) is 88.8 Å². The topological polar surface area (TPSA) is 65.7 Å². The summed E-state index contributed by atoms with van der Waals surface area (Å²) in [5.41, 5.74) is 0.580. The normalized spacial score (nSPS) is 12.0. The van der Waals surface area contributed by atoms with E-state index in [9.17, 15) is 9.59 Å². The Labute approximate surface area is 161 Å². The molecule has 1 atom stereocenters. The van der Waals surface area contributed by atoms with Crippen LogP contribution in [-0.4, -0.2) is 12.1 Å². The number of hydrogen-bond acceptors (Lipinski definition) is 5. The van der Waals surface area contributed by atoms with Crippen LogP contribution in [0.5, 0.6) is 5.75 Å². The number of esters is 1. The smallest absolute Gasteiger partial charge is 0.347 e. The maximum atomic E-state index is 12.4. The van der Waals surface area contributed by atoms with Gasteiger partial charge in [0.1, 0.15) is 17.9 Å². The van der Waals surface area contributed by atoms with E-state index >= 15 is 0 Å². The van der Waals surface area contributed by atoms with Gasteiger partial charge in [0, 0.05) is 17.0 Å². The maximum absolute atomic E-state index is 12.4. The van der Waals surface area contributed by atoms with Crippen molar-refractivity contribution >= 4 is 27.7 Å². The average molecular weight is 374 g/mol. The summed E-state index contributed by atoms with van der Waals surface area (Å²) in [6, 6.07) is 21.9. The van der Waals surface area contributed by atoms with Gasteiger partial charge in [0.2, 0.25) is 0 Å². The van der Waals surface area contributed by atoms with Gasteiger partial charge in [-0.05, 0) is 35.9 Å². The van der Waals surface area contributed by atoms with Crippen molar-refractivity contribution in [2.45, 2.75) is 19.6 Å². The first-order valence-electron chi connectivity index (χ1n) is 8.94. The standard InChI is InChI=1S/C23H18O5/c1-15(27-18-8-3-2-4-9-18)23(25)26-14-17-13-21(24)28-20-12-11-16-7-5-6-10-19(16)22(17)20/h2-13,15H,14H2,1H3/t15-/m0/s1. The molecule has 4 rings (SSSR count). The summed E-state index contributed by atoms with van der Waals surface area (Å²) in [6.07, 6.45) is -0.773.